The Morgan fingerprint density at radius 3 is 2.59 bits per heavy atom. The zero-order valence-electron chi connectivity index (χ0n) is 30.3. The van der Waals surface area contributed by atoms with E-state index in [-0.39, 0.29) is 29.0 Å². The van der Waals surface area contributed by atoms with E-state index in [0.29, 0.717) is 47.2 Å². The summed E-state index contributed by atoms with van der Waals surface area (Å²) in [7, 11) is 3.13. The Balaban J connectivity index is 0.000000139. The van der Waals surface area contributed by atoms with Crippen molar-refractivity contribution in [3.63, 3.8) is 0 Å². The van der Waals surface area contributed by atoms with Crippen LogP contribution in [0.2, 0.25) is 5.02 Å². The molecule has 286 valence electrons. The van der Waals surface area contributed by atoms with E-state index in [9.17, 15) is 13.6 Å². The fourth-order valence-electron chi connectivity index (χ4n) is 7.54. The van der Waals surface area contributed by atoms with Crippen LogP contribution in [-0.4, -0.2) is 101 Å². The number of hydrogen-bond donors (Lipinski definition) is 2. The fourth-order valence-corrected chi connectivity index (χ4v) is 7.83. The van der Waals surface area contributed by atoms with Crippen LogP contribution in [0.3, 0.4) is 0 Å². The highest BCUT2D eigenvalue weighted by molar-refractivity contribution is 6.36. The minimum absolute atomic E-state index is 0.0247. The maximum atomic E-state index is 15.4. The zero-order valence-corrected chi connectivity index (χ0v) is 31.1. The molecule has 5 aliphatic rings. The molecular formula is C39H44ClF3N8O3. The summed E-state index contributed by atoms with van der Waals surface area (Å²) in [5.41, 5.74) is 2.12. The molecule has 4 aliphatic heterocycles. The van der Waals surface area contributed by atoms with Crippen molar-refractivity contribution in [3.8, 4) is 17.3 Å². The van der Waals surface area contributed by atoms with Crippen molar-refractivity contribution in [1.29, 1.82) is 0 Å². The lowest BCUT2D eigenvalue weighted by molar-refractivity contribution is -0.125. The van der Waals surface area contributed by atoms with Crippen molar-refractivity contribution in [1.82, 2.24) is 30.2 Å². The standard InChI is InChI=1S/C19H14ClFN4O.C13H18FN3O2.C7H12FN/c1-22-18-12-9-23-16(15(21)17(12)24-19(25-18)26-2)11-7-3-5-10-6-4-8-13(20)14(10)11;14-13(6-3-7-13)12-15-10(19-16-12)4-5-11(18)17-8-1-2-9-17;8-6-4-7-2-1-3-9(7)5-6/h3-9H,1-2H3,(H,22,24,25);4-5,10H,1-3,6-9H2,(H,15,16);6-7H,1-5H2/b;5-4+;. The van der Waals surface area contributed by atoms with Gasteiger partial charge in [-0.1, -0.05) is 41.9 Å². The van der Waals surface area contributed by atoms with Crippen LogP contribution in [0.15, 0.2) is 59.7 Å². The Kier molecular flexibility index (Phi) is 11.5. The molecule has 3 atom stereocenters. The van der Waals surface area contributed by atoms with Crippen LogP contribution < -0.4 is 15.5 Å². The van der Waals surface area contributed by atoms with Gasteiger partial charge in [0.25, 0.3) is 0 Å². The van der Waals surface area contributed by atoms with Crippen molar-refractivity contribution < 1.29 is 27.5 Å². The third-order valence-corrected chi connectivity index (χ3v) is 10.9. The average Bonchev–Trinajstić information content (AvgIpc) is 4.00. The molecule has 3 saturated heterocycles. The summed E-state index contributed by atoms with van der Waals surface area (Å²) in [6, 6.07) is 11.8. The molecule has 1 aliphatic carbocycles. The van der Waals surface area contributed by atoms with E-state index in [2.05, 4.69) is 35.6 Å². The van der Waals surface area contributed by atoms with Gasteiger partial charge in [0.2, 0.25) is 5.91 Å². The Bertz CT molecular complexity index is 2040. The number of carbonyl (C=O) groups excluding carboxylic acids is 1. The molecule has 0 spiro atoms. The summed E-state index contributed by atoms with van der Waals surface area (Å²) in [6.45, 7) is 3.49. The summed E-state index contributed by atoms with van der Waals surface area (Å²) in [4.78, 5) is 37.8. The van der Waals surface area contributed by atoms with Crippen LogP contribution in [0.4, 0.5) is 19.0 Å². The normalized spacial score (nSPS) is 22.9. The number of hydroxylamine groups is 1. The van der Waals surface area contributed by atoms with E-state index in [1.54, 1.807) is 36.4 Å². The monoisotopic (exact) mass is 764 g/mol. The largest absolute Gasteiger partial charge is 0.467 e. The molecule has 2 aromatic carbocycles. The van der Waals surface area contributed by atoms with Crippen LogP contribution in [-0.2, 0) is 9.63 Å². The number of nitrogens with one attached hydrogen (secondary N) is 2. The lowest BCUT2D eigenvalue weighted by Crippen LogP contribution is -2.45. The van der Waals surface area contributed by atoms with E-state index < -0.39 is 23.9 Å². The zero-order chi connectivity index (χ0) is 37.8. The number of rotatable bonds is 6. The van der Waals surface area contributed by atoms with Gasteiger partial charge in [-0.25, -0.2) is 28.5 Å². The number of aromatic nitrogens is 3. The van der Waals surface area contributed by atoms with Crippen molar-refractivity contribution in [3.05, 3.63) is 65.6 Å². The molecule has 4 fully saturated rings. The Morgan fingerprint density at radius 2 is 1.89 bits per heavy atom. The van der Waals surface area contributed by atoms with E-state index in [1.165, 1.54) is 26.0 Å². The van der Waals surface area contributed by atoms with Gasteiger partial charge in [-0.2, -0.15) is 9.97 Å². The summed E-state index contributed by atoms with van der Waals surface area (Å²) >= 11 is 6.37. The number of likely N-dealkylation sites (tertiary alicyclic amines) is 1. The Labute approximate surface area is 316 Å². The third-order valence-electron chi connectivity index (χ3n) is 10.6. The quantitative estimate of drug-likeness (QED) is 0.197. The van der Waals surface area contributed by atoms with Crippen molar-refractivity contribution in [2.75, 3.05) is 45.7 Å². The molecule has 3 unspecified atom stereocenters. The van der Waals surface area contributed by atoms with E-state index in [4.69, 9.17) is 21.2 Å². The number of amides is 1. The molecule has 9 rings (SSSR count). The number of hydrogen-bond acceptors (Lipinski definition) is 10. The van der Waals surface area contributed by atoms with Gasteiger partial charge in [0.1, 0.15) is 23.2 Å². The molecule has 54 heavy (non-hydrogen) atoms. The highest BCUT2D eigenvalue weighted by atomic mass is 35.5. The number of aliphatic imine (C=N–C) groups is 1. The molecule has 1 saturated carbocycles. The van der Waals surface area contributed by atoms with E-state index >= 15 is 4.39 Å². The van der Waals surface area contributed by atoms with Crippen molar-refractivity contribution >= 4 is 50.8 Å². The van der Waals surface area contributed by atoms with Gasteiger partial charge in [0.15, 0.2) is 23.5 Å². The number of anilines is 1. The molecule has 0 radical (unpaired) electrons. The maximum Gasteiger partial charge on any atom is 0.318 e. The molecule has 6 heterocycles. The Hall–Kier alpha value is -4.53. The Morgan fingerprint density at radius 1 is 1.11 bits per heavy atom. The van der Waals surface area contributed by atoms with Crippen LogP contribution in [0.5, 0.6) is 6.01 Å². The van der Waals surface area contributed by atoms with Gasteiger partial charge in [0.05, 0.1) is 12.5 Å². The maximum absolute atomic E-state index is 15.4. The topological polar surface area (TPSA) is 117 Å². The highest BCUT2D eigenvalue weighted by Crippen LogP contribution is 2.38. The van der Waals surface area contributed by atoms with Gasteiger partial charge < -0.3 is 15.0 Å². The molecule has 2 aromatic heterocycles. The van der Waals surface area contributed by atoms with Gasteiger partial charge in [0, 0.05) is 61.0 Å². The number of pyridine rings is 1. The minimum atomic E-state index is -1.35. The van der Waals surface area contributed by atoms with Crippen LogP contribution in [0.25, 0.3) is 32.9 Å². The molecule has 2 N–H and O–H groups in total. The predicted molar refractivity (Wildman–Crippen MR) is 204 cm³/mol. The predicted octanol–water partition coefficient (Wildman–Crippen LogP) is 7.20. The second kappa shape index (κ2) is 16.5. The van der Waals surface area contributed by atoms with Crippen molar-refractivity contribution in [2.24, 2.45) is 4.99 Å². The summed E-state index contributed by atoms with van der Waals surface area (Å²) in [5.74, 6) is 0.137. The first-order chi connectivity index (χ1) is 26.2. The second-order valence-corrected chi connectivity index (χ2v) is 14.5. The minimum Gasteiger partial charge on any atom is -0.467 e. The summed E-state index contributed by atoms with van der Waals surface area (Å²) < 4.78 is 47.1. The van der Waals surface area contributed by atoms with Gasteiger partial charge in [-0.3, -0.25) is 14.7 Å². The molecule has 4 aromatic rings. The first-order valence-corrected chi connectivity index (χ1v) is 18.8. The fraction of sp³-hybridized carbons (Fsp3) is 0.462. The number of benzene rings is 2. The summed E-state index contributed by atoms with van der Waals surface area (Å²) in [5, 5.41) is 5.58. The van der Waals surface area contributed by atoms with Crippen LogP contribution in [0, 0.1) is 5.82 Å². The number of nitrogens with zero attached hydrogens (tertiary/aromatic N) is 6. The number of fused-ring (bicyclic) bond motifs is 3. The first-order valence-electron chi connectivity index (χ1n) is 18.5. The number of alkyl halides is 2. The number of carbonyl (C=O) groups is 1. The first kappa shape index (κ1) is 37.8. The van der Waals surface area contributed by atoms with E-state index in [0.717, 1.165) is 56.1 Å². The van der Waals surface area contributed by atoms with Crippen LogP contribution >= 0.6 is 11.6 Å². The SMILES string of the molecule is CNc1nc(OC)nc2c(F)c(-c3cccc4cccc(Cl)c34)ncc12.FC1CC2CCCN2C1.O=C(/C=C/C1N=C(C2(F)CCC2)NO1)N1CCCC1. The third kappa shape index (κ3) is 7.96. The van der Waals surface area contributed by atoms with E-state index in [1.807, 2.05) is 24.3 Å². The van der Waals surface area contributed by atoms with Gasteiger partial charge >= 0.3 is 6.01 Å². The number of ether oxygens (including phenoxy) is 1. The average molecular weight is 765 g/mol. The molecule has 1 amide bonds. The molecule has 0 bridgehead atoms. The number of amidine groups is 1. The lowest BCUT2D eigenvalue weighted by atomic mass is 9.81. The molecule has 11 nitrogen and oxygen atoms in total. The molecule has 15 heteroatoms. The van der Waals surface area contributed by atoms with Crippen LogP contribution in [0.1, 0.15) is 51.4 Å². The highest BCUT2D eigenvalue weighted by Gasteiger charge is 2.45. The second-order valence-electron chi connectivity index (χ2n) is 14.1. The van der Waals surface area contributed by atoms with Crippen molar-refractivity contribution in [2.45, 2.75) is 75.5 Å². The molecular weight excluding hydrogens is 721 g/mol. The van der Waals surface area contributed by atoms with Gasteiger partial charge in [-0.15, -0.1) is 0 Å². The lowest BCUT2D eigenvalue weighted by Gasteiger charge is -2.32. The summed E-state index contributed by atoms with van der Waals surface area (Å²) in [6.07, 6.45) is 10.8. The number of methoxy groups -OCH3 is 1. The van der Waals surface area contributed by atoms with Gasteiger partial charge in [-0.05, 0) is 75.4 Å². The smallest absolute Gasteiger partial charge is 0.318 e. The number of halogens is 4.